The number of hydrogen-bond acceptors (Lipinski definition) is 2. The van der Waals surface area contributed by atoms with Crippen molar-refractivity contribution >= 4 is 5.78 Å². The summed E-state index contributed by atoms with van der Waals surface area (Å²) in [6.07, 6.45) is 8.99. The Bertz CT molecular complexity index is 595. The minimum Gasteiger partial charge on any atom is -0.361 e. The fourth-order valence-corrected chi connectivity index (χ4v) is 7.28. The number of hydrogen-bond donors (Lipinski definition) is 1. The van der Waals surface area contributed by atoms with Gasteiger partial charge in [-0.05, 0) is 74.0 Å². The molecule has 7 atom stereocenters. The number of fused-ring (bicyclic) bond motifs is 5. The molecule has 1 N–H and O–H groups in total. The molecule has 0 radical (unpaired) electrons. The molecular formula is C21H31FO2. The molecule has 3 saturated carbocycles. The van der Waals surface area contributed by atoms with Crippen LogP contribution in [-0.4, -0.2) is 16.7 Å². The average Bonchev–Trinajstić information content (AvgIpc) is 2.85. The van der Waals surface area contributed by atoms with Gasteiger partial charge < -0.3 is 5.11 Å². The highest BCUT2D eigenvalue weighted by Gasteiger charge is 2.60. The minimum atomic E-state index is -2.01. The van der Waals surface area contributed by atoms with Crippen molar-refractivity contribution in [2.75, 3.05) is 0 Å². The molecule has 4 aliphatic rings. The zero-order valence-electron chi connectivity index (χ0n) is 15.3. The van der Waals surface area contributed by atoms with E-state index >= 15 is 0 Å². The highest BCUT2D eigenvalue weighted by molar-refractivity contribution is 5.79. The van der Waals surface area contributed by atoms with Crippen LogP contribution in [0.2, 0.25) is 0 Å². The number of carbonyl (C=O) groups excluding carboxylic acids is 1. The molecule has 24 heavy (non-hydrogen) atoms. The van der Waals surface area contributed by atoms with Crippen molar-refractivity contribution in [2.24, 2.45) is 34.5 Å². The number of carbonyl (C=O) groups is 1. The van der Waals surface area contributed by atoms with Gasteiger partial charge in [-0.15, -0.1) is 0 Å². The summed E-state index contributed by atoms with van der Waals surface area (Å²) >= 11 is 0. The number of aliphatic hydroxyl groups is 1. The second-order valence-electron chi connectivity index (χ2n) is 9.64. The summed E-state index contributed by atoms with van der Waals surface area (Å²) < 4.78 is 14.1. The molecular weight excluding hydrogens is 303 g/mol. The van der Waals surface area contributed by atoms with Crippen LogP contribution >= 0.6 is 0 Å². The minimum absolute atomic E-state index is 0.0525. The van der Waals surface area contributed by atoms with E-state index < -0.39 is 5.85 Å². The SMILES string of the molecule is CC(=O)[C@H]1CC[C@H]2[C@@H]3CC=C4C[C@@](O)(F)CC[C@]4(C)[C@H]3CC[C@]12C. The maximum Gasteiger partial charge on any atom is 0.210 e. The fourth-order valence-electron chi connectivity index (χ4n) is 7.28. The first-order valence-corrected chi connectivity index (χ1v) is 9.79. The van der Waals surface area contributed by atoms with Gasteiger partial charge in [-0.2, -0.15) is 0 Å². The van der Waals surface area contributed by atoms with E-state index in [0.717, 1.165) is 37.7 Å². The van der Waals surface area contributed by atoms with Crippen molar-refractivity contribution in [3.8, 4) is 0 Å². The van der Waals surface area contributed by atoms with E-state index in [0.29, 0.717) is 23.5 Å². The van der Waals surface area contributed by atoms with Crippen molar-refractivity contribution in [1.29, 1.82) is 0 Å². The molecule has 0 aromatic rings. The first-order chi connectivity index (χ1) is 11.2. The molecule has 0 spiro atoms. The van der Waals surface area contributed by atoms with Crippen molar-refractivity contribution < 1.29 is 14.3 Å². The second-order valence-corrected chi connectivity index (χ2v) is 9.64. The van der Waals surface area contributed by atoms with E-state index in [1.165, 1.54) is 6.42 Å². The molecule has 0 aliphatic heterocycles. The molecule has 0 unspecified atom stereocenters. The monoisotopic (exact) mass is 334 g/mol. The lowest BCUT2D eigenvalue weighted by molar-refractivity contribution is -0.137. The number of halogens is 1. The van der Waals surface area contributed by atoms with Crippen molar-refractivity contribution in [3.05, 3.63) is 11.6 Å². The first kappa shape index (κ1) is 16.8. The number of allylic oxidation sites excluding steroid dienone is 1. The number of ketones is 1. The normalized spacial score (nSPS) is 53.6. The Morgan fingerprint density at radius 1 is 1.17 bits per heavy atom. The maximum atomic E-state index is 14.1. The first-order valence-electron chi connectivity index (χ1n) is 9.79. The molecule has 2 nitrogen and oxygen atoms in total. The van der Waals surface area contributed by atoms with Gasteiger partial charge in [0.1, 0.15) is 5.78 Å². The molecule has 0 bridgehead atoms. The van der Waals surface area contributed by atoms with Crippen LogP contribution in [-0.2, 0) is 4.79 Å². The summed E-state index contributed by atoms with van der Waals surface area (Å²) in [6, 6.07) is 0. The lowest BCUT2D eigenvalue weighted by Gasteiger charge is -2.58. The summed E-state index contributed by atoms with van der Waals surface area (Å²) in [7, 11) is 0. The topological polar surface area (TPSA) is 37.3 Å². The van der Waals surface area contributed by atoms with Crippen LogP contribution in [0.15, 0.2) is 11.6 Å². The molecule has 134 valence electrons. The summed E-state index contributed by atoms with van der Waals surface area (Å²) in [6.45, 7) is 6.44. The number of rotatable bonds is 1. The summed E-state index contributed by atoms with van der Waals surface area (Å²) in [4.78, 5) is 12.1. The van der Waals surface area contributed by atoms with Crippen LogP contribution in [0.1, 0.15) is 72.1 Å². The van der Waals surface area contributed by atoms with Crippen LogP contribution in [0.3, 0.4) is 0 Å². The van der Waals surface area contributed by atoms with Crippen molar-refractivity contribution in [3.63, 3.8) is 0 Å². The molecule has 3 fully saturated rings. The van der Waals surface area contributed by atoms with E-state index in [1.54, 1.807) is 6.92 Å². The van der Waals surface area contributed by atoms with Crippen LogP contribution in [0.25, 0.3) is 0 Å². The quantitative estimate of drug-likeness (QED) is 0.699. The molecule has 0 heterocycles. The summed E-state index contributed by atoms with van der Waals surface area (Å²) in [5.74, 6) is 0.464. The van der Waals surface area contributed by atoms with E-state index in [9.17, 15) is 14.3 Å². The lowest BCUT2D eigenvalue weighted by Crippen LogP contribution is -2.51. The van der Waals surface area contributed by atoms with Gasteiger partial charge in [-0.25, -0.2) is 4.39 Å². The van der Waals surface area contributed by atoms with Gasteiger partial charge in [0.05, 0.1) is 0 Å². The smallest absolute Gasteiger partial charge is 0.210 e. The molecule has 0 saturated heterocycles. The molecule has 4 aliphatic carbocycles. The molecule has 0 aromatic carbocycles. The third-order valence-electron chi connectivity index (χ3n) is 8.60. The zero-order valence-corrected chi connectivity index (χ0v) is 15.3. The van der Waals surface area contributed by atoms with Crippen LogP contribution in [0.5, 0.6) is 0 Å². The lowest BCUT2D eigenvalue weighted by atomic mass is 9.47. The number of alkyl halides is 1. The van der Waals surface area contributed by atoms with Gasteiger partial charge in [-0.1, -0.05) is 25.5 Å². The largest absolute Gasteiger partial charge is 0.361 e. The highest BCUT2D eigenvalue weighted by Crippen LogP contribution is 2.66. The van der Waals surface area contributed by atoms with Crippen LogP contribution in [0, 0.1) is 34.5 Å². The standard InChI is InChI=1S/C21H31FO2/c1-13(23)16-6-7-17-15-5-4-14-12-21(22,24)11-10-19(14,2)18(15)8-9-20(16,17)3/h4,15-18,24H,5-12H2,1-3H3/t15-,16+,17-,18-,19-,20+,21+/m0/s1. The summed E-state index contributed by atoms with van der Waals surface area (Å²) in [5.41, 5.74) is 1.38. The highest BCUT2D eigenvalue weighted by atomic mass is 19.2. The maximum absolute atomic E-state index is 14.1. The van der Waals surface area contributed by atoms with Gasteiger partial charge in [-0.3, -0.25) is 4.79 Å². The van der Waals surface area contributed by atoms with Crippen molar-refractivity contribution in [2.45, 2.75) is 78.0 Å². The van der Waals surface area contributed by atoms with Gasteiger partial charge in [0.15, 0.2) is 0 Å². The van der Waals surface area contributed by atoms with E-state index in [2.05, 4.69) is 19.9 Å². The molecule has 4 rings (SSSR count). The predicted molar refractivity (Wildman–Crippen MR) is 91.9 cm³/mol. The molecule has 3 heteroatoms. The fraction of sp³-hybridized carbons (Fsp3) is 0.857. The van der Waals surface area contributed by atoms with E-state index in [1.807, 2.05) is 0 Å². The Morgan fingerprint density at radius 3 is 2.62 bits per heavy atom. The Balaban J connectivity index is 1.66. The van der Waals surface area contributed by atoms with Crippen LogP contribution in [0.4, 0.5) is 4.39 Å². The predicted octanol–water partition coefficient (Wildman–Crippen LogP) is 4.81. The Morgan fingerprint density at radius 2 is 1.92 bits per heavy atom. The third kappa shape index (κ3) is 2.19. The average molecular weight is 334 g/mol. The molecule has 0 amide bonds. The van der Waals surface area contributed by atoms with Gasteiger partial charge >= 0.3 is 0 Å². The Kier molecular flexibility index (Phi) is 3.60. The molecule has 0 aromatic heterocycles. The van der Waals surface area contributed by atoms with Crippen molar-refractivity contribution in [1.82, 2.24) is 0 Å². The van der Waals surface area contributed by atoms with E-state index in [-0.39, 0.29) is 29.6 Å². The van der Waals surface area contributed by atoms with Gasteiger partial charge in [0.25, 0.3) is 0 Å². The zero-order chi connectivity index (χ0) is 17.3. The van der Waals surface area contributed by atoms with Crippen LogP contribution < -0.4 is 0 Å². The summed E-state index contributed by atoms with van der Waals surface area (Å²) in [5, 5.41) is 9.87. The Hall–Kier alpha value is -0.700. The Labute approximate surface area is 144 Å². The number of Topliss-reactive ketones (excluding diaryl/α,β-unsaturated/α-hetero) is 1. The third-order valence-corrected chi connectivity index (χ3v) is 8.60. The van der Waals surface area contributed by atoms with E-state index in [4.69, 9.17) is 0 Å². The second kappa shape index (κ2) is 5.16. The van der Waals surface area contributed by atoms with Gasteiger partial charge in [0, 0.05) is 18.8 Å². The van der Waals surface area contributed by atoms with Gasteiger partial charge in [0.2, 0.25) is 5.85 Å².